The number of likely N-dealkylation sites (N-methyl/N-ethyl adjacent to an activating group) is 1. The summed E-state index contributed by atoms with van der Waals surface area (Å²) in [7, 11) is 1.86. The SMILES string of the molecule is CCC(C(=O)NN)N(C)CC1(O)CCCC1. The Hall–Kier alpha value is -0.650. The van der Waals surface area contributed by atoms with E-state index in [4.69, 9.17) is 5.84 Å². The van der Waals surface area contributed by atoms with E-state index >= 15 is 0 Å². The largest absolute Gasteiger partial charge is 0.389 e. The third-order valence-electron chi connectivity index (χ3n) is 3.44. The number of hydrazine groups is 1. The van der Waals surface area contributed by atoms with E-state index in [2.05, 4.69) is 5.43 Å². The lowest BCUT2D eigenvalue weighted by Gasteiger charge is -2.32. The summed E-state index contributed by atoms with van der Waals surface area (Å²) in [6.07, 6.45) is 4.50. The average Bonchev–Trinajstić information content (AvgIpc) is 2.65. The van der Waals surface area contributed by atoms with Gasteiger partial charge >= 0.3 is 0 Å². The van der Waals surface area contributed by atoms with Crippen LogP contribution in [-0.4, -0.2) is 41.1 Å². The quantitative estimate of drug-likeness (QED) is 0.352. The first-order valence-corrected chi connectivity index (χ1v) is 5.95. The van der Waals surface area contributed by atoms with Crippen LogP contribution in [0.5, 0.6) is 0 Å². The van der Waals surface area contributed by atoms with E-state index in [9.17, 15) is 9.90 Å². The summed E-state index contributed by atoms with van der Waals surface area (Å²) >= 11 is 0. The topological polar surface area (TPSA) is 78.6 Å². The van der Waals surface area contributed by atoms with Gasteiger partial charge in [0.2, 0.25) is 0 Å². The van der Waals surface area contributed by atoms with Gasteiger partial charge in [0, 0.05) is 6.54 Å². The lowest BCUT2D eigenvalue weighted by molar-refractivity contribution is -0.127. The lowest BCUT2D eigenvalue weighted by atomic mass is 10.0. The van der Waals surface area contributed by atoms with E-state index in [1.807, 2.05) is 18.9 Å². The molecule has 5 nitrogen and oxygen atoms in total. The zero-order valence-electron chi connectivity index (χ0n) is 10.2. The van der Waals surface area contributed by atoms with Gasteiger partial charge in [-0.2, -0.15) is 0 Å². The number of rotatable bonds is 5. The molecule has 0 aliphatic heterocycles. The first-order chi connectivity index (χ1) is 7.52. The Bertz CT molecular complexity index is 239. The molecule has 16 heavy (non-hydrogen) atoms. The van der Waals surface area contributed by atoms with Crippen LogP contribution in [0.1, 0.15) is 39.0 Å². The third kappa shape index (κ3) is 3.17. The second-order valence-electron chi connectivity index (χ2n) is 4.78. The molecule has 1 unspecified atom stereocenters. The first-order valence-electron chi connectivity index (χ1n) is 5.95. The fourth-order valence-corrected chi connectivity index (χ4v) is 2.56. The van der Waals surface area contributed by atoms with Crippen LogP contribution in [0.4, 0.5) is 0 Å². The summed E-state index contributed by atoms with van der Waals surface area (Å²) in [5, 5.41) is 10.3. The Labute approximate surface area is 97.0 Å². The Balaban J connectivity index is 2.54. The molecule has 5 heteroatoms. The van der Waals surface area contributed by atoms with Gasteiger partial charge in [0.15, 0.2) is 0 Å². The molecule has 1 atom stereocenters. The number of carbonyl (C=O) groups is 1. The van der Waals surface area contributed by atoms with Crippen LogP contribution in [0.15, 0.2) is 0 Å². The van der Waals surface area contributed by atoms with Gasteiger partial charge in [-0.15, -0.1) is 0 Å². The van der Waals surface area contributed by atoms with E-state index in [1.54, 1.807) is 0 Å². The molecule has 1 saturated carbocycles. The second-order valence-corrected chi connectivity index (χ2v) is 4.78. The van der Waals surface area contributed by atoms with Crippen molar-refractivity contribution in [3.05, 3.63) is 0 Å². The summed E-state index contributed by atoms with van der Waals surface area (Å²) < 4.78 is 0. The smallest absolute Gasteiger partial charge is 0.251 e. The lowest BCUT2D eigenvalue weighted by Crippen LogP contribution is -2.51. The molecule has 4 N–H and O–H groups in total. The molecular weight excluding hydrogens is 206 g/mol. The van der Waals surface area contributed by atoms with Crippen LogP contribution in [0.2, 0.25) is 0 Å². The van der Waals surface area contributed by atoms with Crippen molar-refractivity contribution in [1.82, 2.24) is 10.3 Å². The summed E-state index contributed by atoms with van der Waals surface area (Å²) in [6, 6.07) is -0.255. The zero-order chi connectivity index (χ0) is 12.2. The van der Waals surface area contributed by atoms with Gasteiger partial charge in [-0.25, -0.2) is 5.84 Å². The molecule has 0 bridgehead atoms. The minimum absolute atomic E-state index is 0.188. The van der Waals surface area contributed by atoms with Crippen molar-refractivity contribution >= 4 is 5.91 Å². The molecule has 1 aliphatic rings. The molecule has 1 rings (SSSR count). The summed E-state index contributed by atoms with van der Waals surface area (Å²) in [4.78, 5) is 13.4. The van der Waals surface area contributed by atoms with E-state index < -0.39 is 5.60 Å². The highest BCUT2D eigenvalue weighted by molar-refractivity contribution is 5.80. The molecule has 0 saturated heterocycles. The third-order valence-corrected chi connectivity index (χ3v) is 3.44. The average molecular weight is 229 g/mol. The molecule has 0 aromatic heterocycles. The van der Waals surface area contributed by atoms with Gasteiger partial charge in [-0.1, -0.05) is 19.8 Å². The van der Waals surface area contributed by atoms with E-state index in [-0.39, 0.29) is 11.9 Å². The van der Waals surface area contributed by atoms with Crippen LogP contribution in [-0.2, 0) is 4.79 Å². The summed E-state index contributed by atoms with van der Waals surface area (Å²) in [5.41, 5.74) is 1.56. The number of hydrogen-bond donors (Lipinski definition) is 3. The standard InChI is InChI=1S/C11H23N3O2/c1-3-9(10(15)13-12)14(2)8-11(16)6-4-5-7-11/h9,16H,3-8,12H2,1-2H3,(H,13,15). The normalized spacial score (nSPS) is 21.1. The zero-order valence-corrected chi connectivity index (χ0v) is 10.2. The molecule has 0 radical (unpaired) electrons. The fourth-order valence-electron chi connectivity index (χ4n) is 2.56. The van der Waals surface area contributed by atoms with Crippen molar-refractivity contribution < 1.29 is 9.90 Å². The number of aliphatic hydroxyl groups is 1. The van der Waals surface area contributed by atoms with Crippen molar-refractivity contribution in [2.75, 3.05) is 13.6 Å². The number of nitrogens with one attached hydrogen (secondary N) is 1. The van der Waals surface area contributed by atoms with E-state index in [0.29, 0.717) is 13.0 Å². The highest BCUT2D eigenvalue weighted by atomic mass is 16.3. The summed E-state index contributed by atoms with van der Waals surface area (Å²) in [6.45, 7) is 2.48. The maximum atomic E-state index is 11.5. The van der Waals surface area contributed by atoms with E-state index in [0.717, 1.165) is 25.7 Å². The van der Waals surface area contributed by atoms with Gasteiger partial charge < -0.3 is 5.11 Å². The van der Waals surface area contributed by atoms with Crippen molar-refractivity contribution in [3.8, 4) is 0 Å². The van der Waals surface area contributed by atoms with Gasteiger partial charge in [0.1, 0.15) is 0 Å². The predicted molar refractivity (Wildman–Crippen MR) is 62.5 cm³/mol. The van der Waals surface area contributed by atoms with E-state index in [1.165, 1.54) is 0 Å². The maximum Gasteiger partial charge on any atom is 0.251 e. The van der Waals surface area contributed by atoms with Gasteiger partial charge in [0.05, 0.1) is 11.6 Å². The van der Waals surface area contributed by atoms with Crippen LogP contribution >= 0.6 is 0 Å². The Morgan fingerprint density at radius 1 is 1.56 bits per heavy atom. The minimum atomic E-state index is -0.614. The Morgan fingerprint density at radius 2 is 2.12 bits per heavy atom. The van der Waals surface area contributed by atoms with Crippen LogP contribution < -0.4 is 11.3 Å². The number of carbonyl (C=O) groups excluding carboxylic acids is 1. The number of amides is 1. The molecule has 1 amide bonds. The Kier molecular flexibility index (Phi) is 4.70. The van der Waals surface area contributed by atoms with Gasteiger partial charge in [-0.3, -0.25) is 15.1 Å². The minimum Gasteiger partial charge on any atom is -0.389 e. The molecule has 0 heterocycles. The number of hydrogen-bond acceptors (Lipinski definition) is 4. The van der Waals surface area contributed by atoms with Crippen molar-refractivity contribution in [3.63, 3.8) is 0 Å². The monoisotopic (exact) mass is 229 g/mol. The molecule has 0 spiro atoms. The molecule has 0 aromatic rings. The van der Waals surface area contributed by atoms with Crippen molar-refractivity contribution in [2.24, 2.45) is 5.84 Å². The van der Waals surface area contributed by atoms with Crippen LogP contribution in [0.3, 0.4) is 0 Å². The maximum absolute atomic E-state index is 11.5. The van der Waals surface area contributed by atoms with Crippen molar-refractivity contribution in [2.45, 2.75) is 50.7 Å². The molecule has 1 aliphatic carbocycles. The predicted octanol–water partition coefficient (Wildman–Crippen LogP) is -0.00820. The van der Waals surface area contributed by atoms with Crippen LogP contribution in [0.25, 0.3) is 0 Å². The van der Waals surface area contributed by atoms with Crippen LogP contribution in [0, 0.1) is 0 Å². The number of nitrogens with zero attached hydrogens (tertiary/aromatic N) is 1. The Morgan fingerprint density at radius 3 is 2.56 bits per heavy atom. The molecule has 1 fully saturated rings. The van der Waals surface area contributed by atoms with Crippen molar-refractivity contribution in [1.29, 1.82) is 0 Å². The molecular formula is C11H23N3O2. The first kappa shape index (κ1) is 13.4. The highest BCUT2D eigenvalue weighted by Gasteiger charge is 2.34. The summed E-state index contributed by atoms with van der Waals surface area (Å²) in [5.74, 6) is 4.95. The fraction of sp³-hybridized carbons (Fsp3) is 0.909. The highest BCUT2D eigenvalue weighted by Crippen LogP contribution is 2.30. The molecule has 94 valence electrons. The number of nitrogens with two attached hydrogens (primary N) is 1. The van der Waals surface area contributed by atoms with Gasteiger partial charge in [-0.05, 0) is 26.3 Å². The second kappa shape index (κ2) is 5.61. The van der Waals surface area contributed by atoms with Gasteiger partial charge in [0.25, 0.3) is 5.91 Å². The molecule has 0 aromatic carbocycles.